The van der Waals surface area contributed by atoms with E-state index in [1.165, 1.54) is 13.0 Å². The van der Waals surface area contributed by atoms with Crippen LogP contribution in [0.25, 0.3) is 0 Å². The molecule has 0 spiro atoms. The number of aryl methyl sites for hydroxylation is 1. The van der Waals surface area contributed by atoms with Gasteiger partial charge in [0.1, 0.15) is 11.5 Å². The van der Waals surface area contributed by atoms with E-state index in [-0.39, 0.29) is 33.9 Å². The number of nitrogens with two attached hydrogens (primary N) is 1. The highest BCUT2D eigenvalue weighted by atomic mass is 35.5. The Morgan fingerprint density at radius 3 is 2.75 bits per heavy atom. The summed E-state index contributed by atoms with van der Waals surface area (Å²) in [6.45, 7) is 1.44. The van der Waals surface area contributed by atoms with Gasteiger partial charge in [-0.2, -0.15) is 4.98 Å². The van der Waals surface area contributed by atoms with Gasteiger partial charge in [-0.3, -0.25) is 10.1 Å². The summed E-state index contributed by atoms with van der Waals surface area (Å²) in [5.41, 5.74) is 5.53. The second kappa shape index (κ2) is 5.25. The number of hydrogen-bond donors (Lipinski definition) is 2. The number of nitrogens with one attached hydrogen (secondary N) is 1. The molecule has 0 radical (unpaired) electrons. The fraction of sp³-hybridized carbons (Fsp3) is 0.0909. The second-order valence-corrected chi connectivity index (χ2v) is 4.28. The summed E-state index contributed by atoms with van der Waals surface area (Å²) < 4.78 is 13.0. The highest BCUT2D eigenvalue weighted by molar-refractivity contribution is 6.33. The largest absolute Gasteiger partial charge is 0.368 e. The Bertz CT molecular complexity index is 695. The first-order valence-electron chi connectivity index (χ1n) is 5.39. The van der Waals surface area contributed by atoms with Crippen LogP contribution in [0.2, 0.25) is 5.02 Å². The summed E-state index contributed by atoms with van der Waals surface area (Å²) in [4.78, 5) is 17.9. The van der Waals surface area contributed by atoms with Crippen LogP contribution in [0.3, 0.4) is 0 Å². The topological polar surface area (TPSA) is 107 Å². The zero-order valence-corrected chi connectivity index (χ0v) is 11.0. The van der Waals surface area contributed by atoms with Crippen LogP contribution in [0.4, 0.5) is 27.5 Å². The number of nitrogens with zero attached hydrogens (tertiary/aromatic N) is 3. The molecule has 104 valence electrons. The quantitative estimate of drug-likeness (QED) is 0.666. The van der Waals surface area contributed by atoms with Gasteiger partial charge in [-0.25, -0.2) is 9.37 Å². The summed E-state index contributed by atoms with van der Waals surface area (Å²) in [6, 6.07) is 3.58. The first kappa shape index (κ1) is 13.9. The molecule has 20 heavy (non-hydrogen) atoms. The third-order valence-corrected chi connectivity index (χ3v) is 2.76. The van der Waals surface area contributed by atoms with E-state index >= 15 is 0 Å². The van der Waals surface area contributed by atoms with E-state index in [1.807, 2.05) is 0 Å². The summed E-state index contributed by atoms with van der Waals surface area (Å²) in [6.07, 6.45) is 0. The molecule has 0 saturated heterocycles. The predicted molar refractivity (Wildman–Crippen MR) is 72.5 cm³/mol. The molecule has 2 aromatic rings. The molecule has 3 N–H and O–H groups in total. The molecule has 1 aromatic heterocycles. The summed E-state index contributed by atoms with van der Waals surface area (Å²) in [5.74, 6) is -0.740. The average molecular weight is 298 g/mol. The van der Waals surface area contributed by atoms with Gasteiger partial charge in [0, 0.05) is 0 Å². The first-order chi connectivity index (χ1) is 9.38. The van der Waals surface area contributed by atoms with Crippen molar-refractivity contribution in [1.29, 1.82) is 0 Å². The number of aromatic nitrogens is 2. The maximum absolute atomic E-state index is 13.0. The maximum Gasteiger partial charge on any atom is 0.332 e. The van der Waals surface area contributed by atoms with Crippen LogP contribution in [0.5, 0.6) is 0 Å². The molecule has 1 aromatic carbocycles. The van der Waals surface area contributed by atoms with Gasteiger partial charge in [0.25, 0.3) is 0 Å². The minimum Gasteiger partial charge on any atom is -0.368 e. The number of hydrogen-bond acceptors (Lipinski definition) is 6. The molecule has 9 heteroatoms. The van der Waals surface area contributed by atoms with E-state index in [0.717, 1.165) is 12.1 Å². The summed E-state index contributed by atoms with van der Waals surface area (Å²) in [5, 5.41) is 13.8. The van der Waals surface area contributed by atoms with Gasteiger partial charge >= 0.3 is 5.69 Å². The Kier molecular flexibility index (Phi) is 3.66. The average Bonchev–Trinajstić information content (AvgIpc) is 2.31. The number of halogens is 2. The van der Waals surface area contributed by atoms with Gasteiger partial charge in [-0.15, -0.1) is 0 Å². The molecule has 0 saturated carbocycles. The van der Waals surface area contributed by atoms with Crippen LogP contribution >= 0.6 is 11.6 Å². The molecular weight excluding hydrogens is 289 g/mol. The van der Waals surface area contributed by atoms with Crippen molar-refractivity contribution in [1.82, 2.24) is 9.97 Å². The monoisotopic (exact) mass is 297 g/mol. The standard InChI is InChI=1S/C11H9ClFN5O2/c1-5-9(18(19)20)10(17-11(14)15-5)16-8-3-2-6(13)4-7(8)12/h2-4H,1H3,(H3,14,15,16,17). The lowest BCUT2D eigenvalue weighted by atomic mass is 10.3. The van der Waals surface area contributed by atoms with Crippen LogP contribution in [-0.2, 0) is 0 Å². The normalized spacial score (nSPS) is 10.3. The SMILES string of the molecule is Cc1nc(N)nc(Nc2ccc(F)cc2Cl)c1[N+](=O)[O-]. The van der Waals surface area contributed by atoms with E-state index in [0.29, 0.717) is 0 Å². The Morgan fingerprint density at radius 2 is 2.15 bits per heavy atom. The Labute approximate surface area is 117 Å². The number of nitrogen functional groups attached to an aromatic ring is 1. The molecule has 0 aliphatic heterocycles. The van der Waals surface area contributed by atoms with E-state index in [1.54, 1.807) is 0 Å². The summed E-state index contributed by atoms with van der Waals surface area (Å²) in [7, 11) is 0. The van der Waals surface area contributed by atoms with Crippen molar-refractivity contribution in [3.63, 3.8) is 0 Å². The fourth-order valence-electron chi connectivity index (χ4n) is 1.61. The van der Waals surface area contributed by atoms with Gasteiger partial charge < -0.3 is 11.1 Å². The Balaban J connectivity index is 2.50. The molecule has 0 unspecified atom stereocenters. The zero-order valence-electron chi connectivity index (χ0n) is 10.2. The maximum atomic E-state index is 13.0. The fourth-order valence-corrected chi connectivity index (χ4v) is 1.83. The lowest BCUT2D eigenvalue weighted by molar-refractivity contribution is -0.385. The minimum absolute atomic E-state index is 0.0640. The molecule has 0 fully saturated rings. The molecule has 0 amide bonds. The van der Waals surface area contributed by atoms with Crippen molar-refractivity contribution in [3.05, 3.63) is 44.8 Å². The minimum atomic E-state index is -0.630. The van der Waals surface area contributed by atoms with Crippen LogP contribution < -0.4 is 11.1 Å². The molecule has 0 aliphatic carbocycles. The Hall–Kier alpha value is -2.48. The van der Waals surface area contributed by atoms with E-state index in [9.17, 15) is 14.5 Å². The molecule has 0 aliphatic rings. The lowest BCUT2D eigenvalue weighted by Gasteiger charge is -2.09. The highest BCUT2D eigenvalue weighted by Crippen LogP contribution is 2.31. The third-order valence-electron chi connectivity index (χ3n) is 2.44. The van der Waals surface area contributed by atoms with E-state index < -0.39 is 10.7 Å². The number of nitro groups is 1. The van der Waals surface area contributed by atoms with Crippen molar-refractivity contribution in [3.8, 4) is 0 Å². The van der Waals surface area contributed by atoms with Crippen molar-refractivity contribution in [2.24, 2.45) is 0 Å². The van der Waals surface area contributed by atoms with Gasteiger partial charge in [0.05, 0.1) is 15.6 Å². The molecular formula is C11H9ClFN5O2. The predicted octanol–water partition coefficient (Wildman–Crippen LogP) is 2.81. The van der Waals surface area contributed by atoms with Crippen LogP contribution in [0, 0.1) is 22.9 Å². The van der Waals surface area contributed by atoms with Gasteiger partial charge in [-0.1, -0.05) is 11.6 Å². The molecule has 0 atom stereocenters. The van der Waals surface area contributed by atoms with Crippen molar-refractivity contribution < 1.29 is 9.31 Å². The first-order valence-corrected chi connectivity index (χ1v) is 5.77. The van der Waals surface area contributed by atoms with E-state index in [2.05, 4.69) is 15.3 Å². The molecule has 1 heterocycles. The van der Waals surface area contributed by atoms with Crippen molar-refractivity contribution >= 4 is 34.7 Å². The van der Waals surface area contributed by atoms with Gasteiger partial charge in [0.2, 0.25) is 11.8 Å². The number of anilines is 3. The summed E-state index contributed by atoms with van der Waals surface area (Å²) >= 11 is 5.84. The van der Waals surface area contributed by atoms with E-state index in [4.69, 9.17) is 17.3 Å². The molecule has 7 nitrogen and oxygen atoms in total. The van der Waals surface area contributed by atoms with Crippen LogP contribution in [-0.4, -0.2) is 14.9 Å². The van der Waals surface area contributed by atoms with Crippen LogP contribution in [0.1, 0.15) is 5.69 Å². The molecule has 0 bridgehead atoms. The Morgan fingerprint density at radius 1 is 1.45 bits per heavy atom. The number of rotatable bonds is 3. The zero-order chi connectivity index (χ0) is 14.9. The van der Waals surface area contributed by atoms with Crippen molar-refractivity contribution in [2.45, 2.75) is 6.92 Å². The van der Waals surface area contributed by atoms with Crippen molar-refractivity contribution in [2.75, 3.05) is 11.1 Å². The smallest absolute Gasteiger partial charge is 0.332 e. The third kappa shape index (κ3) is 2.75. The van der Waals surface area contributed by atoms with Crippen LogP contribution in [0.15, 0.2) is 18.2 Å². The van der Waals surface area contributed by atoms with Gasteiger partial charge in [-0.05, 0) is 25.1 Å². The van der Waals surface area contributed by atoms with Gasteiger partial charge in [0.15, 0.2) is 0 Å². The second-order valence-electron chi connectivity index (χ2n) is 3.87. The number of benzene rings is 1. The molecule has 2 rings (SSSR count). The highest BCUT2D eigenvalue weighted by Gasteiger charge is 2.22. The lowest BCUT2D eigenvalue weighted by Crippen LogP contribution is -2.07.